The third-order valence-corrected chi connectivity index (χ3v) is 3.23. The molecule has 0 saturated heterocycles. The molecular weight excluding hydrogens is 192 g/mol. The molecule has 2 N–H and O–H groups in total. The first-order valence-electron chi connectivity index (χ1n) is 5.85. The van der Waals surface area contributed by atoms with Crippen LogP contribution in [0.5, 0.6) is 0 Å². The lowest BCUT2D eigenvalue weighted by molar-refractivity contribution is -0.121. The second-order valence-corrected chi connectivity index (χ2v) is 4.53. The van der Waals surface area contributed by atoms with E-state index in [2.05, 4.69) is 10.6 Å². The summed E-state index contributed by atoms with van der Waals surface area (Å²) in [5, 5.41) is 6.25. The van der Waals surface area contributed by atoms with Crippen molar-refractivity contribution in [1.82, 2.24) is 10.6 Å². The van der Waals surface area contributed by atoms with Crippen LogP contribution >= 0.6 is 0 Å². The Bertz CT molecular complexity index is 229. The molecule has 0 heterocycles. The Hall–Kier alpha value is -0.610. The number of nitrogens with one attached hydrogen (secondary N) is 2. The average Bonchev–Trinajstić information content (AvgIpc) is 2.96. The van der Waals surface area contributed by atoms with Crippen LogP contribution in [0.1, 0.15) is 32.1 Å². The molecule has 2 aliphatic rings. The summed E-state index contributed by atoms with van der Waals surface area (Å²) in [4.78, 5) is 11.6. The zero-order valence-corrected chi connectivity index (χ0v) is 9.29. The lowest BCUT2D eigenvalue weighted by Gasteiger charge is -2.19. The van der Waals surface area contributed by atoms with Gasteiger partial charge in [0.05, 0.1) is 18.7 Å². The van der Waals surface area contributed by atoms with Gasteiger partial charge in [-0.25, -0.2) is 0 Å². The molecule has 2 saturated carbocycles. The van der Waals surface area contributed by atoms with Crippen molar-refractivity contribution in [2.24, 2.45) is 0 Å². The van der Waals surface area contributed by atoms with E-state index in [1.165, 1.54) is 12.8 Å². The van der Waals surface area contributed by atoms with Gasteiger partial charge in [0.2, 0.25) is 5.91 Å². The smallest absolute Gasteiger partial charge is 0.234 e. The first kappa shape index (κ1) is 10.9. The number of carbonyl (C=O) groups excluding carboxylic acids is 1. The van der Waals surface area contributed by atoms with Crippen LogP contribution in [0.25, 0.3) is 0 Å². The fourth-order valence-electron chi connectivity index (χ4n) is 2.16. The van der Waals surface area contributed by atoms with Crippen molar-refractivity contribution in [3.8, 4) is 0 Å². The van der Waals surface area contributed by atoms with Crippen LogP contribution in [0.15, 0.2) is 0 Å². The van der Waals surface area contributed by atoms with E-state index in [1.54, 1.807) is 7.11 Å². The molecule has 4 heteroatoms. The molecule has 4 nitrogen and oxygen atoms in total. The number of rotatable bonds is 5. The molecule has 0 aliphatic heterocycles. The summed E-state index contributed by atoms with van der Waals surface area (Å²) in [6.45, 7) is 0.456. The molecule has 15 heavy (non-hydrogen) atoms. The van der Waals surface area contributed by atoms with Crippen LogP contribution in [-0.4, -0.2) is 37.7 Å². The number of methoxy groups -OCH3 is 1. The molecule has 2 rings (SSSR count). The number of hydrogen-bond acceptors (Lipinski definition) is 3. The molecule has 0 radical (unpaired) electrons. The maximum absolute atomic E-state index is 11.6. The van der Waals surface area contributed by atoms with E-state index in [9.17, 15) is 4.79 Å². The molecule has 0 aromatic heterocycles. The molecule has 2 fully saturated rings. The fourth-order valence-corrected chi connectivity index (χ4v) is 2.16. The van der Waals surface area contributed by atoms with Gasteiger partial charge in [-0.2, -0.15) is 0 Å². The van der Waals surface area contributed by atoms with Crippen LogP contribution in [0.3, 0.4) is 0 Å². The predicted octanol–water partition coefficient (Wildman–Crippen LogP) is 0.422. The number of ether oxygens (including phenoxy) is 1. The van der Waals surface area contributed by atoms with E-state index >= 15 is 0 Å². The Morgan fingerprint density at radius 3 is 2.80 bits per heavy atom. The quantitative estimate of drug-likeness (QED) is 0.694. The summed E-state index contributed by atoms with van der Waals surface area (Å²) >= 11 is 0. The minimum absolute atomic E-state index is 0.107. The summed E-state index contributed by atoms with van der Waals surface area (Å²) in [6, 6.07) is 0.820. The highest BCUT2D eigenvalue weighted by Gasteiger charge is 2.28. The Balaban J connectivity index is 1.67. The van der Waals surface area contributed by atoms with Gasteiger partial charge < -0.3 is 15.4 Å². The number of amides is 1. The fraction of sp³-hybridized carbons (Fsp3) is 0.909. The van der Waals surface area contributed by atoms with Gasteiger partial charge in [-0.15, -0.1) is 0 Å². The van der Waals surface area contributed by atoms with Gasteiger partial charge in [-0.1, -0.05) is 0 Å². The largest absolute Gasteiger partial charge is 0.379 e. The van der Waals surface area contributed by atoms with Gasteiger partial charge >= 0.3 is 0 Å². The zero-order valence-electron chi connectivity index (χ0n) is 9.29. The Labute approximate surface area is 90.8 Å². The van der Waals surface area contributed by atoms with E-state index in [0.717, 1.165) is 19.3 Å². The molecule has 1 amide bonds. The van der Waals surface area contributed by atoms with Crippen molar-refractivity contribution < 1.29 is 9.53 Å². The van der Waals surface area contributed by atoms with Gasteiger partial charge in [-0.3, -0.25) is 4.79 Å². The first-order chi connectivity index (χ1) is 7.29. The number of carbonyl (C=O) groups is 1. The zero-order chi connectivity index (χ0) is 10.7. The van der Waals surface area contributed by atoms with Gasteiger partial charge in [0.1, 0.15) is 0 Å². The van der Waals surface area contributed by atoms with Crippen LogP contribution in [-0.2, 0) is 9.53 Å². The van der Waals surface area contributed by atoms with Crippen LogP contribution < -0.4 is 10.6 Å². The minimum Gasteiger partial charge on any atom is -0.379 e. The second-order valence-electron chi connectivity index (χ2n) is 4.53. The van der Waals surface area contributed by atoms with Crippen molar-refractivity contribution in [3.63, 3.8) is 0 Å². The van der Waals surface area contributed by atoms with Gasteiger partial charge in [0.25, 0.3) is 0 Å². The van der Waals surface area contributed by atoms with Crippen molar-refractivity contribution in [2.45, 2.75) is 50.3 Å². The van der Waals surface area contributed by atoms with Crippen molar-refractivity contribution in [1.29, 1.82) is 0 Å². The maximum atomic E-state index is 11.6. The Morgan fingerprint density at radius 2 is 2.13 bits per heavy atom. The average molecular weight is 212 g/mol. The summed E-state index contributed by atoms with van der Waals surface area (Å²) < 4.78 is 5.33. The molecule has 0 bridgehead atoms. The molecule has 86 valence electrons. The maximum Gasteiger partial charge on any atom is 0.234 e. The third-order valence-electron chi connectivity index (χ3n) is 3.23. The normalized spacial score (nSPS) is 30.5. The molecule has 0 aromatic carbocycles. The molecule has 0 spiro atoms. The second kappa shape index (κ2) is 4.94. The van der Waals surface area contributed by atoms with Crippen molar-refractivity contribution in [3.05, 3.63) is 0 Å². The molecule has 2 aliphatic carbocycles. The topological polar surface area (TPSA) is 50.4 Å². The highest BCUT2D eigenvalue weighted by molar-refractivity contribution is 5.78. The van der Waals surface area contributed by atoms with Crippen molar-refractivity contribution in [2.75, 3.05) is 13.7 Å². The lowest BCUT2D eigenvalue weighted by atomic mass is 10.2. The van der Waals surface area contributed by atoms with E-state index in [-0.39, 0.29) is 18.1 Å². The standard InChI is InChI=1S/C11H20N2O2/c1-15-10-4-2-3-9(10)13-11(14)7-12-8-5-6-8/h8-10,12H,2-7H2,1H3,(H,13,14). The van der Waals surface area contributed by atoms with Crippen LogP contribution in [0.2, 0.25) is 0 Å². The highest BCUT2D eigenvalue weighted by Crippen LogP contribution is 2.21. The number of hydrogen-bond donors (Lipinski definition) is 2. The SMILES string of the molecule is COC1CCCC1NC(=O)CNC1CC1. The summed E-state index contributed by atoms with van der Waals surface area (Å²) in [7, 11) is 1.72. The summed E-state index contributed by atoms with van der Waals surface area (Å²) in [6.07, 6.45) is 5.93. The molecule has 0 aromatic rings. The van der Waals surface area contributed by atoms with Crippen LogP contribution in [0, 0.1) is 0 Å². The van der Waals surface area contributed by atoms with E-state index in [0.29, 0.717) is 12.6 Å². The first-order valence-corrected chi connectivity index (χ1v) is 5.85. The van der Waals surface area contributed by atoms with Gasteiger partial charge in [0, 0.05) is 13.2 Å². The van der Waals surface area contributed by atoms with E-state index < -0.39 is 0 Å². The minimum atomic E-state index is 0.107. The molecule has 2 unspecified atom stereocenters. The van der Waals surface area contributed by atoms with Gasteiger partial charge in [0.15, 0.2) is 0 Å². The lowest BCUT2D eigenvalue weighted by Crippen LogP contribution is -2.44. The molecule has 2 atom stereocenters. The van der Waals surface area contributed by atoms with Crippen molar-refractivity contribution >= 4 is 5.91 Å². The van der Waals surface area contributed by atoms with Crippen LogP contribution in [0.4, 0.5) is 0 Å². The Kier molecular flexibility index (Phi) is 3.59. The third kappa shape index (κ3) is 3.18. The Morgan fingerprint density at radius 1 is 1.33 bits per heavy atom. The molecular formula is C11H20N2O2. The predicted molar refractivity (Wildman–Crippen MR) is 57.6 cm³/mol. The summed E-state index contributed by atoms with van der Waals surface area (Å²) in [5.74, 6) is 0.107. The van der Waals surface area contributed by atoms with Gasteiger partial charge in [-0.05, 0) is 32.1 Å². The highest BCUT2D eigenvalue weighted by atomic mass is 16.5. The monoisotopic (exact) mass is 212 g/mol. The van der Waals surface area contributed by atoms with E-state index in [4.69, 9.17) is 4.74 Å². The summed E-state index contributed by atoms with van der Waals surface area (Å²) in [5.41, 5.74) is 0. The van der Waals surface area contributed by atoms with E-state index in [1.807, 2.05) is 0 Å².